The molecular weight excluding hydrogens is 489 g/mol. The summed E-state index contributed by atoms with van der Waals surface area (Å²) in [6, 6.07) is 13.8. The predicted octanol–water partition coefficient (Wildman–Crippen LogP) is 1.17. The lowest BCUT2D eigenvalue weighted by molar-refractivity contribution is -0.130. The van der Waals surface area contributed by atoms with Crippen molar-refractivity contribution in [2.24, 2.45) is 5.73 Å². The molecule has 11 heteroatoms. The fourth-order valence-electron chi connectivity index (χ4n) is 3.81. The van der Waals surface area contributed by atoms with Crippen LogP contribution >= 0.6 is 0 Å². The Hall–Kier alpha value is -3.41. The predicted molar refractivity (Wildman–Crippen MR) is 142 cm³/mol. The van der Waals surface area contributed by atoms with Gasteiger partial charge in [0.15, 0.2) is 0 Å². The number of ether oxygens (including phenoxy) is 1. The molecule has 3 amide bonds. The Morgan fingerprint density at radius 3 is 2.05 bits per heavy atom. The Kier molecular flexibility index (Phi) is 9.19. The van der Waals surface area contributed by atoms with Gasteiger partial charge < -0.3 is 35.5 Å². The second kappa shape index (κ2) is 12.0. The van der Waals surface area contributed by atoms with Crippen molar-refractivity contribution < 1.29 is 33.5 Å². The van der Waals surface area contributed by atoms with E-state index in [0.29, 0.717) is 0 Å². The van der Waals surface area contributed by atoms with Crippen molar-refractivity contribution in [1.29, 1.82) is 0 Å². The van der Waals surface area contributed by atoms with Gasteiger partial charge in [-0.05, 0) is 51.2 Å². The molecule has 0 spiro atoms. The number of primary amides is 1. The highest BCUT2D eigenvalue weighted by molar-refractivity contribution is 6.62. The Bertz CT molecular complexity index is 1110. The van der Waals surface area contributed by atoms with Crippen molar-refractivity contribution in [2.45, 2.75) is 77.0 Å². The van der Waals surface area contributed by atoms with Crippen LogP contribution in [0.3, 0.4) is 0 Å². The average molecular weight is 525 g/mol. The van der Waals surface area contributed by atoms with E-state index in [9.17, 15) is 19.5 Å². The zero-order valence-corrected chi connectivity index (χ0v) is 22.4. The minimum absolute atomic E-state index is 0.00728. The van der Waals surface area contributed by atoms with Crippen LogP contribution in [0.1, 0.15) is 45.7 Å². The molecule has 204 valence electrons. The summed E-state index contributed by atoms with van der Waals surface area (Å²) in [4.78, 5) is 37.2. The van der Waals surface area contributed by atoms with Crippen LogP contribution < -0.4 is 21.8 Å². The summed E-state index contributed by atoms with van der Waals surface area (Å²) < 4.78 is 17.3. The monoisotopic (exact) mass is 525 g/mol. The van der Waals surface area contributed by atoms with Crippen molar-refractivity contribution >= 4 is 30.5 Å². The molecule has 1 fully saturated rings. The van der Waals surface area contributed by atoms with E-state index in [1.54, 1.807) is 36.4 Å². The minimum atomic E-state index is -1.36. The highest BCUT2D eigenvalue weighted by Crippen LogP contribution is 2.36. The van der Waals surface area contributed by atoms with Crippen molar-refractivity contribution in [3.8, 4) is 0 Å². The fourth-order valence-corrected chi connectivity index (χ4v) is 3.81. The minimum Gasteiger partial charge on any atom is -0.445 e. The molecule has 1 saturated heterocycles. The SMILES string of the molecule is C[C@@H](O)[C@H](NC(=O)OCc1ccccc1)C(=O)N[C@H](Cc1ccc(B2OC(C)(C)C(C)(C)O2)cc1)C(N)=O. The molecule has 2 aromatic carbocycles. The molecule has 3 rings (SSSR count). The van der Waals surface area contributed by atoms with Crippen LogP contribution in [0.2, 0.25) is 0 Å². The maximum absolute atomic E-state index is 12.9. The van der Waals surface area contributed by atoms with Gasteiger partial charge >= 0.3 is 13.2 Å². The third-order valence-corrected chi connectivity index (χ3v) is 6.86. The largest absolute Gasteiger partial charge is 0.494 e. The number of nitrogens with two attached hydrogens (primary N) is 1. The van der Waals surface area contributed by atoms with Gasteiger partial charge in [0.1, 0.15) is 18.7 Å². The van der Waals surface area contributed by atoms with E-state index in [1.807, 2.05) is 45.9 Å². The van der Waals surface area contributed by atoms with Crippen LogP contribution in [0.25, 0.3) is 0 Å². The van der Waals surface area contributed by atoms with Crippen molar-refractivity contribution in [3.63, 3.8) is 0 Å². The summed E-state index contributed by atoms with van der Waals surface area (Å²) in [6.07, 6.45) is -2.04. The highest BCUT2D eigenvalue weighted by atomic mass is 16.7. The Morgan fingerprint density at radius 2 is 1.53 bits per heavy atom. The number of hydrogen-bond acceptors (Lipinski definition) is 7. The smallest absolute Gasteiger partial charge is 0.445 e. The number of nitrogens with one attached hydrogen (secondary N) is 2. The van der Waals surface area contributed by atoms with Gasteiger partial charge in [-0.3, -0.25) is 9.59 Å². The van der Waals surface area contributed by atoms with Gasteiger partial charge in [0.05, 0.1) is 17.3 Å². The lowest BCUT2D eigenvalue weighted by atomic mass is 9.78. The summed E-state index contributed by atoms with van der Waals surface area (Å²) in [5.41, 5.74) is 6.92. The first kappa shape index (κ1) is 29.2. The number of amides is 3. The number of alkyl carbamates (subject to hydrolysis) is 1. The van der Waals surface area contributed by atoms with Gasteiger partial charge in [-0.1, -0.05) is 54.6 Å². The lowest BCUT2D eigenvalue weighted by Crippen LogP contribution is -2.57. The maximum atomic E-state index is 12.9. The maximum Gasteiger partial charge on any atom is 0.494 e. The summed E-state index contributed by atoms with van der Waals surface area (Å²) in [5, 5.41) is 15.0. The number of benzene rings is 2. The standard InChI is InChI=1S/C27H36BN3O7/c1-17(32)22(31-25(35)36-16-19-9-7-6-8-10-19)24(34)30-21(23(29)33)15-18-11-13-20(14-12-18)28-37-26(2,3)27(4,5)38-28/h6-14,17,21-22,32H,15-16H2,1-5H3,(H2,29,33)(H,30,34)(H,31,35)/t17-,21-,22+/m1/s1. The number of rotatable bonds is 10. The van der Waals surface area contributed by atoms with Crippen LogP contribution in [-0.4, -0.2) is 59.5 Å². The molecule has 0 radical (unpaired) electrons. The molecule has 0 unspecified atom stereocenters. The Labute approximate surface area is 223 Å². The molecule has 1 aliphatic heterocycles. The third-order valence-electron chi connectivity index (χ3n) is 6.86. The van der Waals surface area contributed by atoms with Crippen molar-refractivity contribution in [1.82, 2.24) is 10.6 Å². The van der Waals surface area contributed by atoms with Gasteiger partial charge in [-0.2, -0.15) is 0 Å². The first-order valence-corrected chi connectivity index (χ1v) is 12.5. The Balaban J connectivity index is 1.60. The number of aliphatic hydroxyl groups excluding tert-OH is 1. The average Bonchev–Trinajstić information content (AvgIpc) is 3.08. The van der Waals surface area contributed by atoms with Crippen LogP contribution in [0.15, 0.2) is 54.6 Å². The van der Waals surface area contributed by atoms with Gasteiger partial charge in [0.2, 0.25) is 11.8 Å². The van der Waals surface area contributed by atoms with Crippen molar-refractivity contribution in [2.75, 3.05) is 0 Å². The van der Waals surface area contributed by atoms with Crippen LogP contribution in [0.4, 0.5) is 4.79 Å². The number of carbonyl (C=O) groups excluding carboxylic acids is 3. The quantitative estimate of drug-likeness (QED) is 0.340. The van der Waals surface area contributed by atoms with Crippen LogP contribution in [-0.2, 0) is 36.7 Å². The summed E-state index contributed by atoms with van der Waals surface area (Å²) in [7, 11) is -0.528. The Morgan fingerprint density at radius 1 is 0.947 bits per heavy atom. The molecule has 2 aromatic rings. The molecule has 0 aliphatic carbocycles. The molecule has 5 N–H and O–H groups in total. The number of carbonyl (C=O) groups is 3. The zero-order chi connectivity index (χ0) is 28.1. The topological polar surface area (TPSA) is 149 Å². The van der Waals surface area contributed by atoms with E-state index in [1.165, 1.54) is 6.92 Å². The van der Waals surface area contributed by atoms with E-state index < -0.39 is 54.4 Å². The van der Waals surface area contributed by atoms with Crippen molar-refractivity contribution in [3.05, 3.63) is 65.7 Å². The van der Waals surface area contributed by atoms with E-state index >= 15 is 0 Å². The first-order chi connectivity index (χ1) is 17.8. The summed E-state index contributed by atoms with van der Waals surface area (Å²) >= 11 is 0. The molecule has 3 atom stereocenters. The molecule has 10 nitrogen and oxygen atoms in total. The van der Waals surface area contributed by atoms with Gasteiger partial charge in [0, 0.05) is 6.42 Å². The molecule has 1 aliphatic rings. The summed E-state index contributed by atoms with van der Waals surface area (Å²) in [5.74, 6) is -1.53. The van der Waals surface area contributed by atoms with E-state index in [2.05, 4.69) is 10.6 Å². The van der Waals surface area contributed by atoms with Crippen LogP contribution in [0.5, 0.6) is 0 Å². The number of hydrogen-bond donors (Lipinski definition) is 4. The molecule has 0 aromatic heterocycles. The molecule has 0 bridgehead atoms. The fraction of sp³-hybridized carbons (Fsp3) is 0.444. The second-order valence-corrected chi connectivity index (χ2v) is 10.4. The van der Waals surface area contributed by atoms with E-state index in [4.69, 9.17) is 19.8 Å². The van der Waals surface area contributed by atoms with E-state index in [0.717, 1.165) is 16.6 Å². The molecule has 1 heterocycles. The molecule has 38 heavy (non-hydrogen) atoms. The second-order valence-electron chi connectivity index (χ2n) is 10.4. The first-order valence-electron chi connectivity index (χ1n) is 12.5. The van der Waals surface area contributed by atoms with Crippen LogP contribution in [0, 0.1) is 0 Å². The zero-order valence-electron chi connectivity index (χ0n) is 22.4. The molecule has 0 saturated carbocycles. The summed E-state index contributed by atoms with van der Waals surface area (Å²) in [6.45, 7) is 9.22. The highest BCUT2D eigenvalue weighted by Gasteiger charge is 2.51. The van der Waals surface area contributed by atoms with Gasteiger partial charge in [0.25, 0.3) is 0 Å². The third kappa shape index (κ3) is 7.34. The normalized spacial score (nSPS) is 18.2. The van der Waals surface area contributed by atoms with Gasteiger partial charge in [-0.15, -0.1) is 0 Å². The van der Waals surface area contributed by atoms with Gasteiger partial charge in [-0.25, -0.2) is 4.79 Å². The number of aliphatic hydroxyl groups is 1. The lowest BCUT2D eigenvalue weighted by Gasteiger charge is -2.32. The molecular formula is C27H36BN3O7. The van der Waals surface area contributed by atoms with E-state index in [-0.39, 0.29) is 13.0 Å².